The summed E-state index contributed by atoms with van der Waals surface area (Å²) >= 11 is 1.26. The largest absolute Gasteiger partial charge is 0.352 e. The maximum Gasteiger partial charge on any atom is 0.253 e. The third-order valence-corrected chi connectivity index (χ3v) is 4.47. The van der Waals surface area contributed by atoms with E-state index in [1.165, 1.54) is 17.8 Å². The predicted molar refractivity (Wildman–Crippen MR) is 99.4 cm³/mol. The molecule has 0 aliphatic rings. The minimum atomic E-state index is -0.911. The van der Waals surface area contributed by atoms with Crippen molar-refractivity contribution in [3.05, 3.63) is 59.7 Å². The molecule has 0 unspecified atom stereocenters. The van der Waals surface area contributed by atoms with E-state index in [1.807, 2.05) is 6.92 Å². The van der Waals surface area contributed by atoms with Gasteiger partial charge in [-0.05, 0) is 36.8 Å². The minimum absolute atomic E-state index is 0.175. The number of hydrogen-bond acceptors (Lipinski definition) is 3. The van der Waals surface area contributed by atoms with Gasteiger partial charge in [0.15, 0.2) is 11.6 Å². The molecule has 0 spiro atoms. The summed E-state index contributed by atoms with van der Waals surface area (Å²) in [5, 5.41) is 5.50. The first-order chi connectivity index (χ1) is 12.5. The van der Waals surface area contributed by atoms with Gasteiger partial charge in [0.2, 0.25) is 5.91 Å². The first-order valence-corrected chi connectivity index (χ1v) is 9.24. The zero-order valence-electron chi connectivity index (χ0n) is 14.4. The molecule has 0 aliphatic carbocycles. The second kappa shape index (κ2) is 9.91. The molecule has 26 heavy (non-hydrogen) atoms. The molecule has 2 amide bonds. The summed E-state index contributed by atoms with van der Waals surface area (Å²) in [6.07, 6.45) is 0.996. The zero-order valence-corrected chi connectivity index (χ0v) is 15.2. The van der Waals surface area contributed by atoms with Gasteiger partial charge in [0.1, 0.15) is 0 Å². The van der Waals surface area contributed by atoms with Gasteiger partial charge in [-0.2, -0.15) is 0 Å². The van der Waals surface area contributed by atoms with Crippen molar-refractivity contribution in [3.8, 4) is 0 Å². The topological polar surface area (TPSA) is 58.2 Å². The van der Waals surface area contributed by atoms with Crippen molar-refractivity contribution in [3.63, 3.8) is 0 Å². The zero-order chi connectivity index (χ0) is 18.9. The molecule has 0 radical (unpaired) electrons. The van der Waals surface area contributed by atoms with Crippen molar-refractivity contribution in [2.24, 2.45) is 0 Å². The SMILES string of the molecule is CCCNC(=O)c1ccccc1NC(=O)CCSc1ccc(F)c(F)c1. The molecule has 4 nitrogen and oxygen atoms in total. The summed E-state index contributed by atoms with van der Waals surface area (Å²) in [5.74, 6) is -1.90. The van der Waals surface area contributed by atoms with Crippen LogP contribution in [0.15, 0.2) is 47.4 Å². The Hall–Kier alpha value is -2.41. The van der Waals surface area contributed by atoms with Crippen LogP contribution in [-0.2, 0) is 4.79 Å². The van der Waals surface area contributed by atoms with Crippen LogP contribution >= 0.6 is 11.8 Å². The third kappa shape index (κ3) is 5.84. The second-order valence-corrected chi connectivity index (χ2v) is 6.69. The molecule has 0 saturated heterocycles. The molecule has 2 rings (SSSR count). The van der Waals surface area contributed by atoms with Crippen LogP contribution in [0.4, 0.5) is 14.5 Å². The molecular formula is C19H20F2N2O2S. The van der Waals surface area contributed by atoms with Gasteiger partial charge in [-0.25, -0.2) is 8.78 Å². The monoisotopic (exact) mass is 378 g/mol. The lowest BCUT2D eigenvalue weighted by molar-refractivity contribution is -0.115. The molecule has 0 heterocycles. The van der Waals surface area contributed by atoms with Gasteiger partial charge in [0.05, 0.1) is 11.3 Å². The van der Waals surface area contributed by atoms with E-state index in [1.54, 1.807) is 24.3 Å². The smallest absolute Gasteiger partial charge is 0.253 e. The third-order valence-electron chi connectivity index (χ3n) is 3.47. The van der Waals surface area contributed by atoms with Crippen molar-refractivity contribution < 1.29 is 18.4 Å². The summed E-state index contributed by atoms with van der Waals surface area (Å²) < 4.78 is 26.0. The van der Waals surface area contributed by atoms with E-state index in [0.29, 0.717) is 28.4 Å². The highest BCUT2D eigenvalue weighted by Crippen LogP contribution is 2.21. The normalized spacial score (nSPS) is 10.4. The summed E-state index contributed by atoms with van der Waals surface area (Å²) in [5.41, 5.74) is 0.853. The Kier molecular flexibility index (Phi) is 7.59. The van der Waals surface area contributed by atoms with Crippen LogP contribution in [-0.4, -0.2) is 24.1 Å². The Balaban J connectivity index is 1.89. The number of carbonyl (C=O) groups is 2. The molecule has 0 atom stereocenters. The average Bonchev–Trinajstić information content (AvgIpc) is 2.63. The number of amides is 2. The van der Waals surface area contributed by atoms with Crippen LogP contribution in [0.1, 0.15) is 30.1 Å². The fourth-order valence-corrected chi connectivity index (χ4v) is 3.04. The van der Waals surface area contributed by atoms with E-state index < -0.39 is 11.6 Å². The van der Waals surface area contributed by atoms with Gasteiger partial charge in [-0.15, -0.1) is 11.8 Å². The number of benzene rings is 2. The number of rotatable bonds is 8. The minimum Gasteiger partial charge on any atom is -0.352 e. The molecule has 0 fully saturated rings. The van der Waals surface area contributed by atoms with Gasteiger partial charge in [0.25, 0.3) is 5.91 Å². The van der Waals surface area contributed by atoms with Crippen LogP contribution < -0.4 is 10.6 Å². The Labute approximate surface area is 155 Å². The summed E-state index contributed by atoms with van der Waals surface area (Å²) in [6.45, 7) is 2.52. The fourth-order valence-electron chi connectivity index (χ4n) is 2.16. The molecule has 0 bridgehead atoms. The molecule has 7 heteroatoms. The molecule has 2 aromatic carbocycles. The number of thioether (sulfide) groups is 1. The molecule has 2 N–H and O–H groups in total. The van der Waals surface area contributed by atoms with Gasteiger partial charge < -0.3 is 10.6 Å². The lowest BCUT2D eigenvalue weighted by Gasteiger charge is -2.11. The van der Waals surface area contributed by atoms with Crippen LogP contribution in [0.3, 0.4) is 0 Å². The van der Waals surface area contributed by atoms with E-state index in [-0.39, 0.29) is 18.2 Å². The van der Waals surface area contributed by atoms with E-state index in [0.717, 1.165) is 18.6 Å². The molecule has 0 saturated carbocycles. The number of hydrogen-bond donors (Lipinski definition) is 2. The van der Waals surface area contributed by atoms with Gasteiger partial charge >= 0.3 is 0 Å². The average molecular weight is 378 g/mol. The molecular weight excluding hydrogens is 358 g/mol. The highest BCUT2D eigenvalue weighted by Gasteiger charge is 2.12. The summed E-state index contributed by atoms with van der Waals surface area (Å²) in [7, 11) is 0. The van der Waals surface area contributed by atoms with Crippen molar-refractivity contribution in [1.29, 1.82) is 0 Å². The summed E-state index contributed by atoms with van der Waals surface area (Å²) in [4.78, 5) is 24.8. The lowest BCUT2D eigenvalue weighted by atomic mass is 10.1. The number of carbonyl (C=O) groups excluding carboxylic acids is 2. The second-order valence-electron chi connectivity index (χ2n) is 5.52. The van der Waals surface area contributed by atoms with Crippen LogP contribution in [0.25, 0.3) is 0 Å². The standard InChI is InChI=1S/C19H20F2N2O2S/c1-2-10-22-19(25)14-5-3-4-6-17(14)23-18(24)9-11-26-13-7-8-15(20)16(21)12-13/h3-8,12H,2,9-11H2,1H3,(H,22,25)(H,23,24). The quantitative estimate of drug-likeness (QED) is 0.676. The van der Waals surface area contributed by atoms with Crippen LogP contribution in [0, 0.1) is 11.6 Å². The Morgan fingerprint density at radius 3 is 2.58 bits per heavy atom. The van der Waals surface area contributed by atoms with E-state index in [4.69, 9.17) is 0 Å². The maximum atomic E-state index is 13.2. The predicted octanol–water partition coefficient (Wildman–Crippen LogP) is 4.23. The number of anilines is 1. The van der Waals surface area contributed by atoms with E-state index in [9.17, 15) is 18.4 Å². The fraction of sp³-hybridized carbons (Fsp3) is 0.263. The van der Waals surface area contributed by atoms with Crippen molar-refractivity contribution in [2.45, 2.75) is 24.7 Å². The van der Waals surface area contributed by atoms with E-state index >= 15 is 0 Å². The van der Waals surface area contributed by atoms with Crippen LogP contribution in [0.5, 0.6) is 0 Å². The Morgan fingerprint density at radius 2 is 1.85 bits per heavy atom. The first kappa shape index (κ1) is 19.9. The highest BCUT2D eigenvalue weighted by atomic mass is 32.2. The van der Waals surface area contributed by atoms with Gasteiger partial charge in [-0.3, -0.25) is 9.59 Å². The van der Waals surface area contributed by atoms with E-state index in [2.05, 4.69) is 10.6 Å². The highest BCUT2D eigenvalue weighted by molar-refractivity contribution is 7.99. The number of para-hydroxylation sites is 1. The Bertz CT molecular complexity index is 784. The molecule has 0 aromatic heterocycles. The lowest BCUT2D eigenvalue weighted by Crippen LogP contribution is -2.25. The van der Waals surface area contributed by atoms with Crippen molar-refractivity contribution in [2.75, 3.05) is 17.6 Å². The maximum absolute atomic E-state index is 13.2. The Morgan fingerprint density at radius 1 is 1.08 bits per heavy atom. The first-order valence-electron chi connectivity index (χ1n) is 8.26. The number of halogens is 2. The molecule has 138 valence electrons. The summed E-state index contributed by atoms with van der Waals surface area (Å²) in [6, 6.07) is 10.4. The van der Waals surface area contributed by atoms with Crippen molar-refractivity contribution in [1.82, 2.24) is 5.32 Å². The molecule has 2 aromatic rings. The number of nitrogens with one attached hydrogen (secondary N) is 2. The molecule has 0 aliphatic heterocycles. The van der Waals surface area contributed by atoms with Gasteiger partial charge in [0, 0.05) is 23.6 Å². The van der Waals surface area contributed by atoms with Crippen molar-refractivity contribution >= 4 is 29.3 Å². The van der Waals surface area contributed by atoms with Gasteiger partial charge in [-0.1, -0.05) is 19.1 Å². The van der Waals surface area contributed by atoms with Crippen LogP contribution in [0.2, 0.25) is 0 Å².